The Labute approximate surface area is 104 Å². The molecule has 2 atom stereocenters. The average molecular weight is 233 g/mol. The third-order valence-electron chi connectivity index (χ3n) is 3.63. The van der Waals surface area contributed by atoms with E-state index in [1.165, 1.54) is 30.5 Å². The van der Waals surface area contributed by atoms with Crippen molar-refractivity contribution in [2.24, 2.45) is 5.92 Å². The molecule has 0 bridgehead atoms. The Balaban J connectivity index is 1.89. The van der Waals surface area contributed by atoms with Crippen LogP contribution < -0.4 is 5.32 Å². The van der Waals surface area contributed by atoms with Crippen molar-refractivity contribution >= 4 is 5.69 Å². The normalized spacial score (nSPS) is 21.2. The Morgan fingerprint density at radius 2 is 2.24 bits per heavy atom. The molecule has 1 aromatic rings. The van der Waals surface area contributed by atoms with Gasteiger partial charge in [-0.25, -0.2) is 0 Å². The molecule has 2 rings (SSSR count). The van der Waals surface area contributed by atoms with Gasteiger partial charge in [-0.2, -0.15) is 0 Å². The standard InChI is InChI=1S/C15H23NO/c1-12(17)5-4-6-13-9-10-16-15-8-3-2-7-14(15)11-13/h2-3,7-8,12-13,16-17H,4-6,9-11H2,1H3. The van der Waals surface area contributed by atoms with Gasteiger partial charge >= 0.3 is 0 Å². The molecule has 1 heterocycles. The molecule has 0 spiro atoms. The van der Waals surface area contributed by atoms with Gasteiger partial charge < -0.3 is 10.4 Å². The minimum absolute atomic E-state index is 0.147. The fourth-order valence-corrected chi connectivity index (χ4v) is 2.64. The zero-order chi connectivity index (χ0) is 12.1. The Hall–Kier alpha value is -1.02. The van der Waals surface area contributed by atoms with Crippen molar-refractivity contribution in [1.29, 1.82) is 0 Å². The second-order valence-corrected chi connectivity index (χ2v) is 5.22. The molecular formula is C15H23NO. The van der Waals surface area contributed by atoms with E-state index in [0.717, 1.165) is 25.3 Å². The fraction of sp³-hybridized carbons (Fsp3) is 0.600. The predicted octanol–water partition coefficient (Wildman–Crippen LogP) is 3.21. The van der Waals surface area contributed by atoms with E-state index in [0.29, 0.717) is 0 Å². The SMILES string of the molecule is CC(O)CCCC1CCNc2ccccc2C1. The summed E-state index contributed by atoms with van der Waals surface area (Å²) in [5.41, 5.74) is 2.76. The average Bonchev–Trinajstić information content (AvgIpc) is 2.50. The molecule has 0 radical (unpaired) electrons. The molecule has 2 unspecified atom stereocenters. The first-order valence-electron chi connectivity index (χ1n) is 6.75. The molecule has 17 heavy (non-hydrogen) atoms. The van der Waals surface area contributed by atoms with Crippen LogP contribution in [-0.2, 0) is 6.42 Å². The highest BCUT2D eigenvalue weighted by Crippen LogP contribution is 2.27. The van der Waals surface area contributed by atoms with Crippen molar-refractivity contribution < 1.29 is 5.11 Å². The van der Waals surface area contributed by atoms with Crippen LogP contribution in [0.3, 0.4) is 0 Å². The maximum absolute atomic E-state index is 9.28. The van der Waals surface area contributed by atoms with Crippen molar-refractivity contribution in [2.45, 2.75) is 45.1 Å². The van der Waals surface area contributed by atoms with Crippen LogP contribution in [0.5, 0.6) is 0 Å². The van der Waals surface area contributed by atoms with Gasteiger partial charge in [0.25, 0.3) is 0 Å². The molecule has 2 nitrogen and oxygen atoms in total. The second-order valence-electron chi connectivity index (χ2n) is 5.22. The summed E-state index contributed by atoms with van der Waals surface area (Å²) in [6.07, 6.45) is 5.60. The first kappa shape index (κ1) is 12.4. The summed E-state index contributed by atoms with van der Waals surface area (Å²) in [4.78, 5) is 0. The lowest BCUT2D eigenvalue weighted by Crippen LogP contribution is -2.08. The number of aliphatic hydroxyl groups excluding tert-OH is 1. The van der Waals surface area contributed by atoms with Crippen molar-refractivity contribution in [3.05, 3.63) is 29.8 Å². The van der Waals surface area contributed by atoms with Gasteiger partial charge in [-0.05, 0) is 50.2 Å². The molecule has 2 heteroatoms. The van der Waals surface area contributed by atoms with Crippen LogP contribution in [0.2, 0.25) is 0 Å². The van der Waals surface area contributed by atoms with Crippen LogP contribution in [0.25, 0.3) is 0 Å². The summed E-state index contributed by atoms with van der Waals surface area (Å²) in [5.74, 6) is 0.768. The maximum Gasteiger partial charge on any atom is 0.0512 e. The number of hydrogen-bond donors (Lipinski definition) is 2. The first-order valence-corrected chi connectivity index (χ1v) is 6.75. The minimum Gasteiger partial charge on any atom is -0.393 e. The molecule has 0 aromatic heterocycles. The molecule has 0 saturated carbocycles. The van der Waals surface area contributed by atoms with Gasteiger partial charge in [0.15, 0.2) is 0 Å². The summed E-state index contributed by atoms with van der Waals surface area (Å²) >= 11 is 0. The molecule has 0 saturated heterocycles. The van der Waals surface area contributed by atoms with E-state index in [-0.39, 0.29) is 6.10 Å². The monoisotopic (exact) mass is 233 g/mol. The molecule has 0 amide bonds. The first-order chi connectivity index (χ1) is 8.25. The van der Waals surface area contributed by atoms with Crippen LogP contribution >= 0.6 is 0 Å². The molecule has 94 valence electrons. The molecule has 0 aliphatic carbocycles. The number of rotatable bonds is 4. The third kappa shape index (κ3) is 3.74. The highest BCUT2D eigenvalue weighted by atomic mass is 16.3. The number of hydrogen-bond acceptors (Lipinski definition) is 2. The number of fused-ring (bicyclic) bond motifs is 1. The smallest absolute Gasteiger partial charge is 0.0512 e. The summed E-state index contributed by atoms with van der Waals surface area (Å²) in [7, 11) is 0. The topological polar surface area (TPSA) is 32.3 Å². The van der Waals surface area contributed by atoms with Crippen molar-refractivity contribution in [1.82, 2.24) is 0 Å². The van der Waals surface area contributed by atoms with Gasteiger partial charge in [0.1, 0.15) is 0 Å². The van der Waals surface area contributed by atoms with E-state index < -0.39 is 0 Å². The summed E-state index contributed by atoms with van der Waals surface area (Å²) in [6.45, 7) is 2.96. The summed E-state index contributed by atoms with van der Waals surface area (Å²) in [6, 6.07) is 8.63. The number of benzene rings is 1. The van der Waals surface area contributed by atoms with Crippen LogP contribution in [0, 0.1) is 5.92 Å². The van der Waals surface area contributed by atoms with E-state index in [1.807, 2.05) is 6.92 Å². The number of anilines is 1. The number of nitrogens with one attached hydrogen (secondary N) is 1. The quantitative estimate of drug-likeness (QED) is 0.837. The van der Waals surface area contributed by atoms with Gasteiger partial charge in [0, 0.05) is 12.2 Å². The maximum atomic E-state index is 9.28. The lowest BCUT2D eigenvalue weighted by molar-refractivity contribution is 0.177. The van der Waals surface area contributed by atoms with Crippen molar-refractivity contribution in [3.63, 3.8) is 0 Å². The van der Waals surface area contributed by atoms with Gasteiger partial charge in [-0.3, -0.25) is 0 Å². The van der Waals surface area contributed by atoms with Crippen molar-refractivity contribution in [3.8, 4) is 0 Å². The summed E-state index contributed by atoms with van der Waals surface area (Å²) in [5, 5.41) is 12.8. The highest BCUT2D eigenvalue weighted by Gasteiger charge is 2.15. The Morgan fingerprint density at radius 3 is 3.06 bits per heavy atom. The molecule has 1 aliphatic rings. The minimum atomic E-state index is -0.147. The predicted molar refractivity (Wildman–Crippen MR) is 72.3 cm³/mol. The molecular weight excluding hydrogens is 210 g/mol. The molecule has 2 N–H and O–H groups in total. The van der Waals surface area contributed by atoms with E-state index >= 15 is 0 Å². The zero-order valence-electron chi connectivity index (χ0n) is 10.7. The third-order valence-corrected chi connectivity index (χ3v) is 3.63. The Morgan fingerprint density at radius 1 is 1.41 bits per heavy atom. The highest BCUT2D eigenvalue weighted by molar-refractivity contribution is 5.51. The zero-order valence-corrected chi connectivity index (χ0v) is 10.7. The van der Waals surface area contributed by atoms with Crippen molar-refractivity contribution in [2.75, 3.05) is 11.9 Å². The molecule has 1 aliphatic heterocycles. The number of para-hydroxylation sites is 1. The Bertz CT molecular complexity index is 349. The van der Waals surface area contributed by atoms with Crippen LogP contribution in [0.4, 0.5) is 5.69 Å². The van der Waals surface area contributed by atoms with Gasteiger partial charge in [-0.1, -0.05) is 24.6 Å². The molecule has 0 fully saturated rings. The Kier molecular flexibility index (Phi) is 4.43. The van der Waals surface area contributed by atoms with E-state index in [9.17, 15) is 5.11 Å². The molecule has 1 aromatic carbocycles. The van der Waals surface area contributed by atoms with E-state index in [1.54, 1.807) is 0 Å². The van der Waals surface area contributed by atoms with E-state index in [2.05, 4.69) is 29.6 Å². The lowest BCUT2D eigenvalue weighted by Gasteiger charge is -2.14. The number of aliphatic hydroxyl groups is 1. The fourth-order valence-electron chi connectivity index (χ4n) is 2.64. The van der Waals surface area contributed by atoms with Gasteiger partial charge in [-0.15, -0.1) is 0 Å². The lowest BCUT2D eigenvalue weighted by atomic mass is 9.91. The largest absolute Gasteiger partial charge is 0.393 e. The van der Waals surface area contributed by atoms with Gasteiger partial charge in [0.05, 0.1) is 6.10 Å². The second kappa shape index (κ2) is 6.06. The van der Waals surface area contributed by atoms with Crippen LogP contribution in [0.15, 0.2) is 24.3 Å². The van der Waals surface area contributed by atoms with Crippen LogP contribution in [0.1, 0.15) is 38.2 Å². The van der Waals surface area contributed by atoms with Gasteiger partial charge in [0.2, 0.25) is 0 Å². The summed E-state index contributed by atoms with van der Waals surface area (Å²) < 4.78 is 0. The van der Waals surface area contributed by atoms with E-state index in [4.69, 9.17) is 0 Å². The van der Waals surface area contributed by atoms with Crippen LogP contribution in [-0.4, -0.2) is 17.8 Å².